The molecule has 3 rings (SSSR count). The van der Waals surface area contributed by atoms with E-state index in [4.69, 9.17) is 9.47 Å². The van der Waals surface area contributed by atoms with Crippen LogP contribution in [0.25, 0.3) is 0 Å². The maximum Gasteiger partial charge on any atom is 0.163 e. The predicted octanol–water partition coefficient (Wildman–Crippen LogP) is 0.160. The third kappa shape index (κ3) is 1.90. The van der Waals surface area contributed by atoms with Crippen molar-refractivity contribution in [2.45, 2.75) is 57.3 Å². The van der Waals surface area contributed by atoms with Crippen molar-refractivity contribution in [2.24, 2.45) is 5.92 Å². The first kappa shape index (κ1) is 12.5. The number of hydrogen-bond acceptors (Lipinski definition) is 5. The van der Waals surface area contributed by atoms with Gasteiger partial charge in [-0.2, -0.15) is 0 Å². The summed E-state index contributed by atoms with van der Waals surface area (Å²) in [5, 5.41) is 10.2. The molecule has 0 aromatic rings. The van der Waals surface area contributed by atoms with Crippen LogP contribution in [0.3, 0.4) is 0 Å². The average molecular weight is 255 g/mol. The zero-order valence-corrected chi connectivity index (χ0v) is 11.1. The molecule has 3 aliphatic rings. The van der Waals surface area contributed by atoms with Crippen LogP contribution in [0.4, 0.5) is 0 Å². The largest absolute Gasteiger partial charge is 0.389 e. The second kappa shape index (κ2) is 4.00. The van der Waals surface area contributed by atoms with Gasteiger partial charge < -0.3 is 14.6 Å². The molecule has 3 fully saturated rings. The number of aliphatic hydroxyl groups excluding tert-OH is 1. The van der Waals surface area contributed by atoms with Crippen molar-refractivity contribution in [3.63, 3.8) is 0 Å². The van der Waals surface area contributed by atoms with Crippen LogP contribution < -0.4 is 0 Å². The zero-order chi connectivity index (χ0) is 13.1. The van der Waals surface area contributed by atoms with Gasteiger partial charge in [-0.3, -0.25) is 9.69 Å². The van der Waals surface area contributed by atoms with Crippen molar-refractivity contribution in [3.05, 3.63) is 0 Å². The molecule has 0 aromatic heterocycles. The molecule has 3 heterocycles. The number of nitrogens with zero attached hydrogens (tertiary/aromatic N) is 1. The van der Waals surface area contributed by atoms with Crippen molar-refractivity contribution < 1.29 is 19.4 Å². The van der Waals surface area contributed by atoms with Crippen LogP contribution in [0.2, 0.25) is 0 Å². The predicted molar refractivity (Wildman–Crippen MR) is 64.0 cm³/mol. The Morgan fingerprint density at radius 1 is 1.28 bits per heavy atom. The lowest BCUT2D eigenvalue weighted by Gasteiger charge is -2.39. The van der Waals surface area contributed by atoms with Gasteiger partial charge in [-0.15, -0.1) is 0 Å². The van der Waals surface area contributed by atoms with E-state index in [9.17, 15) is 9.90 Å². The Balaban J connectivity index is 1.82. The van der Waals surface area contributed by atoms with Crippen LogP contribution in [0, 0.1) is 5.92 Å². The first-order valence-electron chi connectivity index (χ1n) is 6.65. The molecular weight excluding hydrogens is 234 g/mol. The summed E-state index contributed by atoms with van der Waals surface area (Å²) >= 11 is 0. The van der Waals surface area contributed by atoms with Crippen LogP contribution in [0.15, 0.2) is 0 Å². The van der Waals surface area contributed by atoms with Gasteiger partial charge in [-0.25, -0.2) is 0 Å². The molecule has 1 N–H and O–H groups in total. The standard InChI is InChI=1S/C13H21NO4/c1-7(15)8-4-9-11-12(18-13(2,3)17-11)10(16)6-14(9)5-8/h8-12,16H,4-6H2,1-3H3/t8-,9-,10-,11-,12+/m1/s1. The molecule has 18 heavy (non-hydrogen) atoms. The van der Waals surface area contributed by atoms with Gasteiger partial charge in [0.25, 0.3) is 0 Å². The number of carbonyl (C=O) groups excluding carboxylic acids is 1. The van der Waals surface area contributed by atoms with Gasteiger partial charge in [0, 0.05) is 25.0 Å². The molecule has 3 saturated heterocycles. The molecule has 102 valence electrons. The Kier molecular flexibility index (Phi) is 2.79. The molecule has 0 bridgehead atoms. The van der Waals surface area contributed by atoms with Crippen molar-refractivity contribution in [3.8, 4) is 0 Å². The summed E-state index contributed by atoms with van der Waals surface area (Å²) in [6, 6.07) is 0.203. The Morgan fingerprint density at radius 2 is 1.94 bits per heavy atom. The number of hydrogen-bond donors (Lipinski definition) is 1. The molecule has 0 amide bonds. The van der Waals surface area contributed by atoms with Crippen molar-refractivity contribution in [1.29, 1.82) is 0 Å². The second-order valence-electron chi connectivity index (χ2n) is 6.20. The number of ether oxygens (including phenoxy) is 2. The summed E-state index contributed by atoms with van der Waals surface area (Å²) in [6.07, 6.45) is -0.0818. The summed E-state index contributed by atoms with van der Waals surface area (Å²) in [4.78, 5) is 13.7. The van der Waals surface area contributed by atoms with Gasteiger partial charge in [0.2, 0.25) is 0 Å². The van der Waals surface area contributed by atoms with Gasteiger partial charge >= 0.3 is 0 Å². The summed E-state index contributed by atoms with van der Waals surface area (Å²) in [5.41, 5.74) is 0. The lowest BCUT2D eigenvalue weighted by atomic mass is 9.92. The molecule has 0 saturated carbocycles. The minimum atomic E-state index is -0.638. The highest BCUT2D eigenvalue weighted by Gasteiger charge is 2.55. The monoisotopic (exact) mass is 255 g/mol. The number of carbonyl (C=O) groups is 1. The first-order valence-corrected chi connectivity index (χ1v) is 6.65. The molecule has 0 spiro atoms. The van der Waals surface area contributed by atoms with Crippen LogP contribution in [0.1, 0.15) is 27.2 Å². The van der Waals surface area contributed by atoms with Gasteiger partial charge in [-0.05, 0) is 27.2 Å². The molecule has 5 heteroatoms. The van der Waals surface area contributed by atoms with E-state index >= 15 is 0 Å². The van der Waals surface area contributed by atoms with E-state index in [-0.39, 0.29) is 30.0 Å². The molecular formula is C13H21NO4. The number of piperidine rings is 1. The summed E-state index contributed by atoms with van der Waals surface area (Å²) in [6.45, 7) is 6.71. The third-order valence-corrected chi connectivity index (χ3v) is 4.37. The second-order valence-corrected chi connectivity index (χ2v) is 6.20. The quantitative estimate of drug-likeness (QED) is 0.723. The normalized spacial score (nSPS) is 46.8. The topological polar surface area (TPSA) is 59.0 Å². The maximum absolute atomic E-state index is 11.5. The fraction of sp³-hybridized carbons (Fsp3) is 0.923. The Hall–Kier alpha value is -0.490. The fourth-order valence-corrected chi connectivity index (χ4v) is 3.54. The van der Waals surface area contributed by atoms with E-state index in [1.807, 2.05) is 13.8 Å². The molecule has 0 radical (unpaired) electrons. The number of Topliss-reactive ketones (excluding diaryl/α,β-unsaturated/α-hetero) is 1. The van der Waals surface area contributed by atoms with E-state index in [2.05, 4.69) is 4.90 Å². The van der Waals surface area contributed by atoms with E-state index < -0.39 is 11.9 Å². The highest BCUT2D eigenvalue weighted by atomic mass is 16.8. The van der Waals surface area contributed by atoms with Crippen LogP contribution in [-0.4, -0.2) is 59.0 Å². The molecule has 0 aliphatic carbocycles. The molecule has 0 aromatic carbocycles. The Morgan fingerprint density at radius 3 is 2.61 bits per heavy atom. The molecule has 0 unspecified atom stereocenters. The number of aliphatic hydroxyl groups is 1. The number of fused-ring (bicyclic) bond motifs is 3. The van der Waals surface area contributed by atoms with Crippen molar-refractivity contribution in [2.75, 3.05) is 13.1 Å². The highest BCUT2D eigenvalue weighted by Crippen LogP contribution is 2.41. The fourth-order valence-electron chi connectivity index (χ4n) is 3.54. The van der Waals surface area contributed by atoms with Gasteiger partial charge in [0.15, 0.2) is 5.79 Å². The SMILES string of the molecule is CC(=O)[C@@H]1C[C@@H]2[C@H]3OC(C)(C)O[C@H]3[C@H](O)CN2C1. The van der Waals surface area contributed by atoms with E-state index in [1.165, 1.54) is 0 Å². The van der Waals surface area contributed by atoms with E-state index in [0.717, 1.165) is 13.0 Å². The molecule has 5 atom stereocenters. The smallest absolute Gasteiger partial charge is 0.163 e. The van der Waals surface area contributed by atoms with E-state index in [1.54, 1.807) is 6.92 Å². The Labute approximate surface area is 107 Å². The van der Waals surface area contributed by atoms with E-state index in [0.29, 0.717) is 6.54 Å². The lowest BCUT2D eigenvalue weighted by molar-refractivity contribution is -0.153. The molecule has 5 nitrogen and oxygen atoms in total. The summed E-state index contributed by atoms with van der Waals surface area (Å²) in [5.74, 6) is -0.331. The van der Waals surface area contributed by atoms with Crippen LogP contribution in [0.5, 0.6) is 0 Å². The van der Waals surface area contributed by atoms with Crippen LogP contribution in [-0.2, 0) is 14.3 Å². The first-order chi connectivity index (χ1) is 8.37. The van der Waals surface area contributed by atoms with Crippen molar-refractivity contribution in [1.82, 2.24) is 4.90 Å². The zero-order valence-electron chi connectivity index (χ0n) is 11.1. The van der Waals surface area contributed by atoms with Gasteiger partial charge in [-0.1, -0.05) is 0 Å². The third-order valence-electron chi connectivity index (χ3n) is 4.37. The van der Waals surface area contributed by atoms with Crippen molar-refractivity contribution >= 4 is 5.78 Å². The van der Waals surface area contributed by atoms with Crippen LogP contribution >= 0.6 is 0 Å². The van der Waals surface area contributed by atoms with Gasteiger partial charge in [0.1, 0.15) is 18.0 Å². The number of rotatable bonds is 1. The summed E-state index contributed by atoms with van der Waals surface area (Å²) < 4.78 is 11.7. The average Bonchev–Trinajstić information content (AvgIpc) is 2.78. The maximum atomic E-state index is 11.5. The minimum Gasteiger partial charge on any atom is -0.389 e. The highest BCUT2D eigenvalue weighted by molar-refractivity contribution is 5.79. The lowest BCUT2D eigenvalue weighted by Crippen LogP contribution is -2.57. The molecule has 3 aliphatic heterocycles. The van der Waals surface area contributed by atoms with Gasteiger partial charge in [0.05, 0.1) is 6.10 Å². The summed E-state index contributed by atoms with van der Waals surface area (Å²) in [7, 11) is 0. The number of ketones is 1. The minimum absolute atomic E-state index is 0.0771. The Bertz CT molecular complexity index is 370.